The van der Waals surface area contributed by atoms with Gasteiger partial charge < -0.3 is 5.32 Å². The van der Waals surface area contributed by atoms with Gasteiger partial charge in [-0.15, -0.1) is 0 Å². The number of hydrogen-bond acceptors (Lipinski definition) is 1. The lowest BCUT2D eigenvalue weighted by Gasteiger charge is -2.35. The molecule has 1 saturated carbocycles. The van der Waals surface area contributed by atoms with Crippen molar-refractivity contribution in [1.82, 2.24) is 5.32 Å². The monoisotopic (exact) mass is 211 g/mol. The Kier molecular flexibility index (Phi) is 2.42. The molecular weight excluding hydrogens is 200 g/mol. The summed E-state index contributed by atoms with van der Waals surface area (Å²) in [6.07, 6.45) is -0.489. The molecule has 0 atom stereocenters. The number of carbonyl (C=O) groups excluding carboxylic acids is 1. The molecule has 15 heavy (non-hydrogen) atoms. The summed E-state index contributed by atoms with van der Waals surface area (Å²) in [6, 6.07) is 8.22. The van der Waals surface area contributed by atoms with Crippen LogP contribution in [0, 0.1) is 0 Å². The molecule has 1 fully saturated rings. The summed E-state index contributed by atoms with van der Waals surface area (Å²) in [7, 11) is 0. The lowest BCUT2D eigenvalue weighted by atomic mass is 9.88. The van der Waals surface area contributed by atoms with Crippen molar-refractivity contribution >= 4 is 5.91 Å². The molecule has 0 heterocycles. The third-order valence-electron chi connectivity index (χ3n) is 2.46. The minimum atomic E-state index is -2.59. The van der Waals surface area contributed by atoms with Gasteiger partial charge in [-0.1, -0.05) is 18.2 Å². The molecule has 0 spiro atoms. The van der Waals surface area contributed by atoms with Crippen molar-refractivity contribution in [2.75, 3.05) is 0 Å². The largest absolute Gasteiger partial charge is 0.349 e. The summed E-state index contributed by atoms with van der Waals surface area (Å²) >= 11 is 0. The van der Waals surface area contributed by atoms with Gasteiger partial charge in [-0.25, -0.2) is 8.78 Å². The summed E-state index contributed by atoms with van der Waals surface area (Å²) in [6.45, 7) is 0. The van der Waals surface area contributed by atoms with Crippen LogP contribution in [0.4, 0.5) is 8.78 Å². The standard InChI is InChI=1S/C11H11F2NO/c12-11(13)6-9(7-11)14-10(15)8-4-2-1-3-5-8/h1-5,9H,6-7H2,(H,14,15). The van der Waals surface area contributed by atoms with Crippen LogP contribution in [0.2, 0.25) is 0 Å². The second kappa shape index (κ2) is 3.61. The maximum Gasteiger partial charge on any atom is 0.252 e. The van der Waals surface area contributed by atoms with Crippen molar-refractivity contribution in [3.63, 3.8) is 0 Å². The van der Waals surface area contributed by atoms with Gasteiger partial charge in [0.05, 0.1) is 0 Å². The third-order valence-corrected chi connectivity index (χ3v) is 2.46. The molecule has 4 heteroatoms. The van der Waals surface area contributed by atoms with E-state index in [2.05, 4.69) is 5.32 Å². The zero-order chi connectivity index (χ0) is 10.9. The summed E-state index contributed by atoms with van der Waals surface area (Å²) in [5.74, 6) is -2.87. The molecule has 2 nitrogen and oxygen atoms in total. The van der Waals surface area contributed by atoms with E-state index in [9.17, 15) is 13.6 Å². The molecule has 1 aromatic rings. The first-order chi connectivity index (χ1) is 7.07. The van der Waals surface area contributed by atoms with Crippen LogP contribution in [0.1, 0.15) is 23.2 Å². The molecule has 0 saturated heterocycles. The minimum Gasteiger partial charge on any atom is -0.349 e. The summed E-state index contributed by atoms with van der Waals surface area (Å²) in [4.78, 5) is 11.5. The van der Waals surface area contributed by atoms with Crippen LogP contribution in [-0.4, -0.2) is 17.9 Å². The zero-order valence-corrected chi connectivity index (χ0v) is 8.04. The number of hydrogen-bond donors (Lipinski definition) is 1. The number of alkyl halides is 2. The van der Waals surface area contributed by atoms with E-state index in [4.69, 9.17) is 0 Å². The molecule has 0 unspecified atom stereocenters. The van der Waals surface area contributed by atoms with Crippen molar-refractivity contribution in [3.05, 3.63) is 35.9 Å². The van der Waals surface area contributed by atoms with Crippen LogP contribution >= 0.6 is 0 Å². The predicted octanol–water partition coefficient (Wildman–Crippen LogP) is 2.21. The van der Waals surface area contributed by atoms with E-state index in [0.717, 1.165) is 0 Å². The van der Waals surface area contributed by atoms with Crippen LogP contribution in [0.25, 0.3) is 0 Å². The molecule has 2 rings (SSSR count). The fourth-order valence-electron chi connectivity index (χ4n) is 1.62. The topological polar surface area (TPSA) is 29.1 Å². The van der Waals surface area contributed by atoms with Crippen molar-refractivity contribution < 1.29 is 13.6 Å². The number of carbonyl (C=O) groups is 1. The van der Waals surface area contributed by atoms with E-state index in [1.54, 1.807) is 30.3 Å². The van der Waals surface area contributed by atoms with Gasteiger partial charge in [-0.05, 0) is 12.1 Å². The van der Waals surface area contributed by atoms with Crippen LogP contribution in [0.5, 0.6) is 0 Å². The van der Waals surface area contributed by atoms with E-state index in [1.807, 2.05) is 0 Å². The number of halogens is 2. The van der Waals surface area contributed by atoms with E-state index in [0.29, 0.717) is 5.56 Å². The molecule has 0 aliphatic heterocycles. The molecule has 1 aliphatic rings. The van der Waals surface area contributed by atoms with Crippen LogP contribution < -0.4 is 5.32 Å². The van der Waals surface area contributed by atoms with E-state index < -0.39 is 5.92 Å². The SMILES string of the molecule is O=C(NC1CC(F)(F)C1)c1ccccc1. The first-order valence-electron chi connectivity index (χ1n) is 4.81. The van der Waals surface area contributed by atoms with E-state index >= 15 is 0 Å². The van der Waals surface area contributed by atoms with Gasteiger partial charge in [0.2, 0.25) is 0 Å². The van der Waals surface area contributed by atoms with Crippen molar-refractivity contribution in [1.29, 1.82) is 0 Å². The summed E-state index contributed by atoms with van der Waals surface area (Å²) in [5.41, 5.74) is 0.507. The second-order valence-corrected chi connectivity index (χ2v) is 3.80. The van der Waals surface area contributed by atoms with Gasteiger partial charge >= 0.3 is 0 Å². The Morgan fingerprint density at radius 3 is 2.40 bits per heavy atom. The molecule has 0 bridgehead atoms. The molecule has 1 amide bonds. The Morgan fingerprint density at radius 1 is 1.27 bits per heavy atom. The molecule has 0 aromatic heterocycles. The van der Waals surface area contributed by atoms with Crippen molar-refractivity contribution in [3.8, 4) is 0 Å². The fraction of sp³-hybridized carbons (Fsp3) is 0.364. The molecule has 1 aliphatic carbocycles. The van der Waals surface area contributed by atoms with Gasteiger partial charge in [0.25, 0.3) is 11.8 Å². The maximum absolute atomic E-state index is 12.5. The maximum atomic E-state index is 12.5. The first-order valence-corrected chi connectivity index (χ1v) is 4.81. The fourth-order valence-corrected chi connectivity index (χ4v) is 1.62. The Morgan fingerprint density at radius 2 is 1.87 bits per heavy atom. The Balaban J connectivity index is 1.89. The second-order valence-electron chi connectivity index (χ2n) is 3.80. The number of nitrogens with one attached hydrogen (secondary N) is 1. The smallest absolute Gasteiger partial charge is 0.252 e. The highest BCUT2D eigenvalue weighted by molar-refractivity contribution is 5.94. The Labute approximate surface area is 86.3 Å². The molecular formula is C11H11F2NO. The van der Waals surface area contributed by atoms with Gasteiger partial charge in [0, 0.05) is 24.4 Å². The van der Waals surface area contributed by atoms with Gasteiger partial charge in [-0.3, -0.25) is 4.79 Å². The molecule has 0 radical (unpaired) electrons. The number of benzene rings is 1. The summed E-state index contributed by atoms with van der Waals surface area (Å²) in [5, 5.41) is 2.57. The average molecular weight is 211 g/mol. The van der Waals surface area contributed by atoms with E-state index in [-0.39, 0.29) is 24.8 Å². The van der Waals surface area contributed by atoms with Gasteiger partial charge in [0.1, 0.15) is 0 Å². The van der Waals surface area contributed by atoms with Gasteiger partial charge in [0.15, 0.2) is 0 Å². The highest BCUT2D eigenvalue weighted by Gasteiger charge is 2.45. The Hall–Kier alpha value is -1.45. The van der Waals surface area contributed by atoms with Crippen LogP contribution in [0.15, 0.2) is 30.3 Å². The van der Waals surface area contributed by atoms with E-state index in [1.165, 1.54) is 0 Å². The van der Waals surface area contributed by atoms with Crippen LogP contribution in [-0.2, 0) is 0 Å². The molecule has 1 N–H and O–H groups in total. The van der Waals surface area contributed by atoms with Crippen molar-refractivity contribution in [2.24, 2.45) is 0 Å². The predicted molar refractivity (Wildman–Crippen MR) is 51.9 cm³/mol. The van der Waals surface area contributed by atoms with Gasteiger partial charge in [-0.2, -0.15) is 0 Å². The first kappa shape index (κ1) is 10.1. The normalized spacial score (nSPS) is 19.3. The molecule has 80 valence electrons. The van der Waals surface area contributed by atoms with Crippen LogP contribution in [0.3, 0.4) is 0 Å². The quantitative estimate of drug-likeness (QED) is 0.798. The highest BCUT2D eigenvalue weighted by Crippen LogP contribution is 2.37. The average Bonchev–Trinajstić information content (AvgIpc) is 2.16. The summed E-state index contributed by atoms with van der Waals surface area (Å²) < 4.78 is 25.0. The number of amides is 1. The zero-order valence-electron chi connectivity index (χ0n) is 8.04. The third kappa shape index (κ3) is 2.32. The minimum absolute atomic E-state index is 0.244. The number of rotatable bonds is 2. The lowest BCUT2D eigenvalue weighted by molar-refractivity contribution is -0.0901. The molecule has 1 aromatic carbocycles. The lowest BCUT2D eigenvalue weighted by Crippen LogP contribution is -2.50. The Bertz CT molecular complexity index is 356. The highest BCUT2D eigenvalue weighted by atomic mass is 19.3. The van der Waals surface area contributed by atoms with Crippen molar-refractivity contribution in [2.45, 2.75) is 24.8 Å².